The molecule has 0 spiro atoms. The van der Waals surface area contributed by atoms with Crippen molar-refractivity contribution >= 4 is 0 Å². The molecule has 0 amide bonds. The molecule has 0 radical (unpaired) electrons. The Morgan fingerprint density at radius 1 is 1.10 bits per heavy atom. The maximum absolute atomic E-state index is 3.98. The molecule has 4 nitrogen and oxygen atoms in total. The summed E-state index contributed by atoms with van der Waals surface area (Å²) in [6.07, 6.45) is 5.56. The molecule has 1 aromatic heterocycles. The molecule has 4 heteroatoms. The molecule has 2 heterocycles. The average Bonchev–Trinajstić information content (AvgIpc) is 2.90. The Bertz CT molecular complexity index is 496. The molecule has 0 bridgehead atoms. The monoisotopic (exact) mass is 270 g/mol. The third-order valence-electron chi connectivity index (χ3n) is 3.94. The molecule has 0 aliphatic carbocycles. The fraction of sp³-hybridized carbons (Fsp3) is 0.438. The Balaban J connectivity index is 1.55. The third kappa shape index (κ3) is 3.46. The molecule has 2 aromatic rings. The highest BCUT2D eigenvalue weighted by Crippen LogP contribution is 2.16. The lowest BCUT2D eigenvalue weighted by Crippen LogP contribution is -2.29. The first-order chi connectivity index (χ1) is 9.92. The van der Waals surface area contributed by atoms with Gasteiger partial charge in [-0.05, 0) is 49.5 Å². The topological polar surface area (TPSA) is 52.7 Å². The quantitative estimate of drug-likeness (QED) is 0.799. The van der Waals surface area contributed by atoms with Crippen molar-refractivity contribution in [2.75, 3.05) is 13.1 Å². The molecule has 1 aliphatic rings. The van der Waals surface area contributed by atoms with Crippen molar-refractivity contribution in [3.05, 3.63) is 42.1 Å². The van der Waals surface area contributed by atoms with Crippen LogP contribution in [0.1, 0.15) is 24.8 Å². The predicted octanol–water partition coefficient (Wildman–Crippen LogP) is 2.31. The van der Waals surface area contributed by atoms with E-state index >= 15 is 0 Å². The second kappa shape index (κ2) is 6.68. The molecule has 1 saturated heterocycles. The van der Waals surface area contributed by atoms with Gasteiger partial charge in [0.25, 0.3) is 0 Å². The summed E-state index contributed by atoms with van der Waals surface area (Å²) in [6.45, 7) is 3.25. The number of hydrogen-bond acceptors (Lipinski definition) is 3. The Labute approximate surface area is 120 Å². The summed E-state index contributed by atoms with van der Waals surface area (Å²) in [7, 11) is 0. The number of H-pyrrole nitrogens is 1. The molecule has 106 valence electrons. The number of aromatic amines is 1. The van der Waals surface area contributed by atoms with Crippen molar-refractivity contribution in [3.8, 4) is 11.3 Å². The summed E-state index contributed by atoms with van der Waals surface area (Å²) in [5.41, 5.74) is 3.59. The fourth-order valence-electron chi connectivity index (χ4n) is 2.70. The average molecular weight is 270 g/mol. The first kappa shape index (κ1) is 13.3. The standard InChI is InChI=1S/C16H22N4/c1-2-15(7-10-17-9-1)18-12-13-3-5-14(6-4-13)16-8-11-19-20-16/h3-6,8,11,15,17-18H,1-2,7,9-10,12H2,(H,19,20). The van der Waals surface area contributed by atoms with E-state index in [2.05, 4.69) is 45.1 Å². The van der Waals surface area contributed by atoms with Gasteiger partial charge in [-0.25, -0.2) is 0 Å². The molecule has 1 fully saturated rings. The summed E-state index contributed by atoms with van der Waals surface area (Å²) in [5, 5.41) is 14.1. The maximum Gasteiger partial charge on any atom is 0.0650 e. The van der Waals surface area contributed by atoms with Crippen molar-refractivity contribution in [2.24, 2.45) is 0 Å². The summed E-state index contributed by atoms with van der Waals surface area (Å²) >= 11 is 0. The molecule has 3 N–H and O–H groups in total. The maximum atomic E-state index is 3.98. The molecule has 1 aliphatic heterocycles. The molecule has 1 aromatic carbocycles. The Kier molecular flexibility index (Phi) is 4.46. The van der Waals surface area contributed by atoms with Gasteiger partial charge >= 0.3 is 0 Å². The van der Waals surface area contributed by atoms with Crippen LogP contribution in [0.25, 0.3) is 11.3 Å². The van der Waals surface area contributed by atoms with Gasteiger partial charge in [0.2, 0.25) is 0 Å². The Morgan fingerprint density at radius 3 is 2.80 bits per heavy atom. The van der Waals surface area contributed by atoms with Gasteiger partial charge in [-0.3, -0.25) is 5.10 Å². The summed E-state index contributed by atoms with van der Waals surface area (Å²) in [4.78, 5) is 0. The molecular formula is C16H22N4. The van der Waals surface area contributed by atoms with E-state index < -0.39 is 0 Å². The number of rotatable bonds is 4. The third-order valence-corrected chi connectivity index (χ3v) is 3.94. The van der Waals surface area contributed by atoms with Crippen LogP contribution in [0.3, 0.4) is 0 Å². The zero-order chi connectivity index (χ0) is 13.6. The highest BCUT2D eigenvalue weighted by molar-refractivity contribution is 5.58. The van der Waals surface area contributed by atoms with Gasteiger partial charge in [0.05, 0.1) is 5.69 Å². The first-order valence-electron chi connectivity index (χ1n) is 7.44. The van der Waals surface area contributed by atoms with E-state index in [0.717, 1.165) is 25.3 Å². The summed E-state index contributed by atoms with van der Waals surface area (Å²) in [5.74, 6) is 0. The van der Waals surface area contributed by atoms with Gasteiger partial charge in [0.15, 0.2) is 0 Å². The minimum absolute atomic E-state index is 0.650. The first-order valence-corrected chi connectivity index (χ1v) is 7.44. The normalized spacial score (nSPS) is 19.7. The smallest absolute Gasteiger partial charge is 0.0650 e. The van der Waals surface area contributed by atoms with Gasteiger partial charge in [-0.15, -0.1) is 0 Å². The van der Waals surface area contributed by atoms with E-state index in [4.69, 9.17) is 0 Å². The van der Waals surface area contributed by atoms with E-state index in [0.29, 0.717) is 6.04 Å². The lowest BCUT2D eigenvalue weighted by atomic mass is 10.1. The van der Waals surface area contributed by atoms with Crippen LogP contribution in [0.15, 0.2) is 36.5 Å². The van der Waals surface area contributed by atoms with E-state index in [9.17, 15) is 0 Å². The highest BCUT2D eigenvalue weighted by atomic mass is 15.1. The minimum atomic E-state index is 0.650. The highest BCUT2D eigenvalue weighted by Gasteiger charge is 2.10. The van der Waals surface area contributed by atoms with Crippen molar-refractivity contribution in [1.29, 1.82) is 0 Å². The summed E-state index contributed by atoms with van der Waals surface area (Å²) in [6, 6.07) is 11.3. The number of nitrogens with zero attached hydrogens (tertiary/aromatic N) is 1. The molecule has 20 heavy (non-hydrogen) atoms. The summed E-state index contributed by atoms with van der Waals surface area (Å²) < 4.78 is 0. The second-order valence-corrected chi connectivity index (χ2v) is 5.43. The fourth-order valence-corrected chi connectivity index (χ4v) is 2.70. The van der Waals surface area contributed by atoms with E-state index in [1.807, 2.05) is 6.07 Å². The van der Waals surface area contributed by atoms with Crippen molar-refractivity contribution in [3.63, 3.8) is 0 Å². The zero-order valence-electron chi connectivity index (χ0n) is 11.7. The van der Waals surface area contributed by atoms with Gasteiger partial charge in [0, 0.05) is 18.8 Å². The number of hydrogen-bond donors (Lipinski definition) is 3. The Hall–Kier alpha value is -1.65. The van der Waals surface area contributed by atoms with Gasteiger partial charge < -0.3 is 10.6 Å². The van der Waals surface area contributed by atoms with E-state index in [1.165, 1.54) is 30.4 Å². The Morgan fingerprint density at radius 2 is 2.00 bits per heavy atom. The molecular weight excluding hydrogens is 248 g/mol. The largest absolute Gasteiger partial charge is 0.317 e. The van der Waals surface area contributed by atoms with Crippen LogP contribution in [0, 0.1) is 0 Å². The van der Waals surface area contributed by atoms with Crippen LogP contribution in [0.4, 0.5) is 0 Å². The minimum Gasteiger partial charge on any atom is -0.317 e. The van der Waals surface area contributed by atoms with E-state index in [-0.39, 0.29) is 0 Å². The SMILES string of the molecule is c1cc(-c2ccc(CNC3CCCNCC3)cc2)[nH]n1. The second-order valence-electron chi connectivity index (χ2n) is 5.43. The molecule has 1 atom stereocenters. The van der Waals surface area contributed by atoms with Crippen LogP contribution in [0.5, 0.6) is 0 Å². The van der Waals surface area contributed by atoms with Crippen molar-refractivity contribution in [2.45, 2.75) is 31.8 Å². The van der Waals surface area contributed by atoms with Crippen LogP contribution >= 0.6 is 0 Å². The molecule has 3 rings (SSSR count). The van der Waals surface area contributed by atoms with Crippen LogP contribution in [-0.2, 0) is 6.54 Å². The predicted molar refractivity (Wildman–Crippen MR) is 81.4 cm³/mol. The molecule has 1 unspecified atom stereocenters. The molecule has 0 saturated carbocycles. The van der Waals surface area contributed by atoms with Crippen molar-refractivity contribution < 1.29 is 0 Å². The van der Waals surface area contributed by atoms with Crippen molar-refractivity contribution in [1.82, 2.24) is 20.8 Å². The zero-order valence-corrected chi connectivity index (χ0v) is 11.7. The van der Waals surface area contributed by atoms with Gasteiger partial charge in [-0.2, -0.15) is 5.10 Å². The lowest BCUT2D eigenvalue weighted by molar-refractivity contribution is 0.468. The van der Waals surface area contributed by atoms with Crippen LogP contribution < -0.4 is 10.6 Å². The van der Waals surface area contributed by atoms with Crippen LogP contribution in [0.2, 0.25) is 0 Å². The van der Waals surface area contributed by atoms with Gasteiger partial charge in [0.1, 0.15) is 0 Å². The van der Waals surface area contributed by atoms with Gasteiger partial charge in [-0.1, -0.05) is 24.3 Å². The number of benzene rings is 1. The lowest BCUT2D eigenvalue weighted by Gasteiger charge is -2.16. The number of aromatic nitrogens is 2. The van der Waals surface area contributed by atoms with E-state index in [1.54, 1.807) is 6.20 Å². The van der Waals surface area contributed by atoms with Crippen LogP contribution in [-0.4, -0.2) is 29.3 Å². The number of nitrogens with one attached hydrogen (secondary N) is 3.